The van der Waals surface area contributed by atoms with Gasteiger partial charge in [0, 0.05) is 23.7 Å². The minimum absolute atomic E-state index is 0.0840. The van der Waals surface area contributed by atoms with Gasteiger partial charge in [0.05, 0.1) is 10.5 Å². The molecular weight excluding hydrogens is 248 g/mol. The summed E-state index contributed by atoms with van der Waals surface area (Å²) in [6.07, 6.45) is 0. The van der Waals surface area contributed by atoms with E-state index in [0.717, 1.165) is 33.4 Å². The number of hydrogen-bond acceptors (Lipinski definition) is 2. The Morgan fingerprint density at radius 3 is 2.56 bits per heavy atom. The molecule has 3 nitrogen and oxygen atoms in total. The number of amides is 1. The van der Waals surface area contributed by atoms with Crippen molar-refractivity contribution in [1.29, 1.82) is 0 Å². The molecule has 1 heterocycles. The van der Waals surface area contributed by atoms with E-state index in [0.29, 0.717) is 5.02 Å². The third kappa shape index (κ3) is 2.18. The van der Waals surface area contributed by atoms with E-state index in [9.17, 15) is 4.79 Å². The molecule has 2 aromatic rings. The predicted octanol–water partition coefficient (Wildman–Crippen LogP) is 3.77. The third-order valence-electron chi connectivity index (χ3n) is 2.92. The van der Waals surface area contributed by atoms with Crippen molar-refractivity contribution in [2.45, 2.75) is 27.7 Å². The molecule has 1 amide bonds. The Bertz CT molecular complexity index is 650. The fourth-order valence-corrected chi connectivity index (χ4v) is 2.44. The third-order valence-corrected chi connectivity index (χ3v) is 3.24. The highest BCUT2D eigenvalue weighted by Gasteiger charge is 2.12. The first-order valence-corrected chi connectivity index (χ1v) is 6.12. The van der Waals surface area contributed by atoms with Crippen LogP contribution in [0.1, 0.15) is 23.7 Å². The molecule has 0 bridgehead atoms. The molecule has 94 valence electrons. The molecular formula is C14H15ClN2O. The second-order valence-electron chi connectivity index (χ2n) is 4.52. The number of hydrogen-bond donors (Lipinski definition) is 1. The molecule has 0 aliphatic rings. The number of rotatable bonds is 1. The first kappa shape index (κ1) is 12.8. The van der Waals surface area contributed by atoms with E-state index < -0.39 is 0 Å². The van der Waals surface area contributed by atoms with Crippen molar-refractivity contribution in [2.75, 3.05) is 5.32 Å². The van der Waals surface area contributed by atoms with Gasteiger partial charge in [0.25, 0.3) is 0 Å². The highest BCUT2D eigenvalue weighted by Crippen LogP contribution is 2.32. The summed E-state index contributed by atoms with van der Waals surface area (Å²) < 4.78 is 0. The van der Waals surface area contributed by atoms with E-state index in [1.165, 1.54) is 6.92 Å². The van der Waals surface area contributed by atoms with Gasteiger partial charge in [-0.1, -0.05) is 11.6 Å². The van der Waals surface area contributed by atoms with Gasteiger partial charge >= 0.3 is 0 Å². The maximum absolute atomic E-state index is 11.2. The Kier molecular flexibility index (Phi) is 3.26. The van der Waals surface area contributed by atoms with Crippen molar-refractivity contribution in [3.63, 3.8) is 0 Å². The van der Waals surface area contributed by atoms with Crippen molar-refractivity contribution in [1.82, 2.24) is 4.98 Å². The lowest BCUT2D eigenvalue weighted by Crippen LogP contribution is -2.09. The van der Waals surface area contributed by atoms with Gasteiger partial charge in [-0.05, 0) is 44.0 Å². The summed E-state index contributed by atoms with van der Waals surface area (Å²) in [6.45, 7) is 7.31. The number of carbonyl (C=O) groups is 1. The van der Waals surface area contributed by atoms with Gasteiger partial charge in [-0.25, -0.2) is 0 Å². The summed E-state index contributed by atoms with van der Waals surface area (Å²) in [4.78, 5) is 15.7. The average Bonchev–Trinajstić information content (AvgIpc) is 2.26. The number of benzene rings is 1. The normalized spacial score (nSPS) is 10.7. The first-order valence-electron chi connectivity index (χ1n) is 5.75. The molecule has 0 unspecified atom stereocenters. The molecule has 4 heteroatoms. The van der Waals surface area contributed by atoms with Crippen molar-refractivity contribution in [3.05, 3.63) is 34.0 Å². The molecule has 0 spiro atoms. The Hall–Kier alpha value is -1.61. The standard InChI is InChI=1S/C14H15ClN2O/c1-7-5-11-12(15)6-8(2)16-14(11)9(3)13(7)17-10(4)18/h5-6H,1-4H3,(H,17,18). The summed E-state index contributed by atoms with van der Waals surface area (Å²) in [6, 6.07) is 3.81. The zero-order valence-electron chi connectivity index (χ0n) is 10.9. The van der Waals surface area contributed by atoms with Crippen LogP contribution in [-0.2, 0) is 4.79 Å². The Labute approximate surface area is 111 Å². The van der Waals surface area contributed by atoms with Gasteiger partial charge in [-0.2, -0.15) is 0 Å². The van der Waals surface area contributed by atoms with Crippen LogP contribution in [0.5, 0.6) is 0 Å². The summed E-state index contributed by atoms with van der Waals surface area (Å²) >= 11 is 6.24. The van der Waals surface area contributed by atoms with Crippen LogP contribution in [0.3, 0.4) is 0 Å². The number of carbonyl (C=O) groups excluding carboxylic acids is 1. The first-order chi connectivity index (χ1) is 8.40. The monoisotopic (exact) mass is 262 g/mol. The smallest absolute Gasteiger partial charge is 0.221 e. The molecule has 2 rings (SSSR count). The topological polar surface area (TPSA) is 42.0 Å². The minimum atomic E-state index is -0.0840. The minimum Gasteiger partial charge on any atom is -0.326 e. The molecule has 0 aliphatic carbocycles. The SMILES string of the molecule is CC(=O)Nc1c(C)cc2c(Cl)cc(C)nc2c1C. The lowest BCUT2D eigenvalue weighted by Gasteiger charge is -2.14. The van der Waals surface area contributed by atoms with Crippen LogP contribution < -0.4 is 5.32 Å². The lowest BCUT2D eigenvalue weighted by molar-refractivity contribution is -0.114. The fourth-order valence-electron chi connectivity index (χ4n) is 2.14. The molecule has 0 saturated heterocycles. The summed E-state index contributed by atoms with van der Waals surface area (Å²) in [7, 11) is 0. The van der Waals surface area contributed by atoms with Crippen LogP contribution >= 0.6 is 11.6 Å². The summed E-state index contributed by atoms with van der Waals surface area (Å²) in [5, 5.41) is 4.47. The van der Waals surface area contributed by atoms with Crippen LogP contribution in [0.25, 0.3) is 10.9 Å². The molecule has 1 N–H and O–H groups in total. The van der Waals surface area contributed by atoms with Crippen molar-refractivity contribution >= 4 is 34.1 Å². The fraction of sp³-hybridized carbons (Fsp3) is 0.286. The molecule has 0 aliphatic heterocycles. The number of anilines is 1. The quantitative estimate of drug-likeness (QED) is 0.850. The van der Waals surface area contributed by atoms with Gasteiger partial charge in [-0.3, -0.25) is 9.78 Å². The van der Waals surface area contributed by atoms with Gasteiger partial charge in [-0.15, -0.1) is 0 Å². The number of pyridine rings is 1. The highest BCUT2D eigenvalue weighted by molar-refractivity contribution is 6.35. The van der Waals surface area contributed by atoms with Gasteiger partial charge in [0.15, 0.2) is 0 Å². The Balaban J connectivity index is 2.80. The van der Waals surface area contributed by atoms with Crippen molar-refractivity contribution in [3.8, 4) is 0 Å². The van der Waals surface area contributed by atoms with Crippen LogP contribution in [0.4, 0.5) is 5.69 Å². The number of nitrogens with zero attached hydrogens (tertiary/aromatic N) is 1. The molecule has 0 saturated carbocycles. The average molecular weight is 263 g/mol. The zero-order chi connectivity index (χ0) is 13.4. The van der Waals surface area contributed by atoms with Gasteiger partial charge < -0.3 is 5.32 Å². The van der Waals surface area contributed by atoms with E-state index in [1.807, 2.05) is 32.9 Å². The highest BCUT2D eigenvalue weighted by atomic mass is 35.5. The van der Waals surface area contributed by atoms with Crippen LogP contribution in [0.2, 0.25) is 5.02 Å². The predicted molar refractivity (Wildman–Crippen MR) is 75.3 cm³/mol. The van der Waals surface area contributed by atoms with E-state index in [4.69, 9.17) is 11.6 Å². The van der Waals surface area contributed by atoms with E-state index in [-0.39, 0.29) is 5.91 Å². The molecule has 1 aromatic carbocycles. The molecule has 18 heavy (non-hydrogen) atoms. The molecule has 0 fully saturated rings. The summed E-state index contributed by atoms with van der Waals surface area (Å²) in [5.74, 6) is -0.0840. The second-order valence-corrected chi connectivity index (χ2v) is 4.92. The van der Waals surface area contributed by atoms with Crippen molar-refractivity contribution in [2.24, 2.45) is 0 Å². The van der Waals surface area contributed by atoms with Crippen LogP contribution in [0.15, 0.2) is 12.1 Å². The molecule has 1 aromatic heterocycles. The largest absolute Gasteiger partial charge is 0.326 e. The Morgan fingerprint density at radius 2 is 1.94 bits per heavy atom. The lowest BCUT2D eigenvalue weighted by atomic mass is 10.0. The van der Waals surface area contributed by atoms with Crippen LogP contribution in [-0.4, -0.2) is 10.9 Å². The van der Waals surface area contributed by atoms with Gasteiger partial charge in [0.2, 0.25) is 5.91 Å². The molecule has 0 atom stereocenters. The molecule has 0 radical (unpaired) electrons. The van der Waals surface area contributed by atoms with Crippen LogP contribution in [0, 0.1) is 20.8 Å². The maximum Gasteiger partial charge on any atom is 0.221 e. The number of aryl methyl sites for hydroxylation is 3. The number of halogens is 1. The Morgan fingerprint density at radius 1 is 1.28 bits per heavy atom. The zero-order valence-corrected chi connectivity index (χ0v) is 11.6. The number of fused-ring (bicyclic) bond motifs is 1. The van der Waals surface area contributed by atoms with Crippen molar-refractivity contribution < 1.29 is 4.79 Å². The van der Waals surface area contributed by atoms with Gasteiger partial charge in [0.1, 0.15) is 0 Å². The van der Waals surface area contributed by atoms with E-state index >= 15 is 0 Å². The van der Waals surface area contributed by atoms with E-state index in [1.54, 1.807) is 0 Å². The maximum atomic E-state index is 11.2. The summed E-state index contributed by atoms with van der Waals surface area (Å²) in [5.41, 5.74) is 4.47. The number of nitrogens with one attached hydrogen (secondary N) is 1. The second kappa shape index (κ2) is 4.58. The van der Waals surface area contributed by atoms with E-state index in [2.05, 4.69) is 10.3 Å². The number of aromatic nitrogens is 1.